The van der Waals surface area contributed by atoms with Gasteiger partial charge in [0.05, 0.1) is 0 Å². The van der Waals surface area contributed by atoms with Crippen LogP contribution in [0.2, 0.25) is 0 Å². The summed E-state index contributed by atoms with van der Waals surface area (Å²) in [4.78, 5) is 2.50. The number of fused-ring (bicyclic) bond motifs is 1. The van der Waals surface area contributed by atoms with Crippen LogP contribution in [0.25, 0.3) is 0 Å². The van der Waals surface area contributed by atoms with Crippen molar-refractivity contribution in [1.82, 2.24) is 4.90 Å². The van der Waals surface area contributed by atoms with Crippen molar-refractivity contribution in [2.24, 2.45) is 0 Å². The highest BCUT2D eigenvalue weighted by atomic mass is 16.5. The molecule has 3 nitrogen and oxygen atoms in total. The Kier molecular flexibility index (Phi) is 4.40. The summed E-state index contributed by atoms with van der Waals surface area (Å²) in [5, 5.41) is 0. The first-order valence-electron chi connectivity index (χ1n) is 6.38. The van der Waals surface area contributed by atoms with Gasteiger partial charge < -0.3 is 10.5 Å². The van der Waals surface area contributed by atoms with Crippen molar-refractivity contribution in [2.75, 3.05) is 26.0 Å². The van der Waals surface area contributed by atoms with Crippen LogP contribution in [0.1, 0.15) is 30.4 Å². The third-order valence-corrected chi connectivity index (χ3v) is 3.34. The first-order valence-corrected chi connectivity index (χ1v) is 6.38. The summed E-state index contributed by atoms with van der Waals surface area (Å²) in [6, 6.07) is 6.27. The van der Waals surface area contributed by atoms with Crippen LogP contribution in [-0.2, 0) is 17.8 Å². The summed E-state index contributed by atoms with van der Waals surface area (Å²) in [6.07, 6.45) is 3.68. The molecule has 17 heavy (non-hydrogen) atoms. The minimum absolute atomic E-state index is 0.880. The zero-order valence-corrected chi connectivity index (χ0v) is 10.6. The molecule has 1 aliphatic rings. The molecule has 0 aliphatic carbocycles. The first kappa shape index (κ1) is 12.4. The number of anilines is 1. The molecule has 0 aromatic heterocycles. The van der Waals surface area contributed by atoms with Crippen LogP contribution in [0.4, 0.5) is 5.69 Å². The second kappa shape index (κ2) is 6.03. The monoisotopic (exact) mass is 234 g/mol. The number of hydrogen-bond donors (Lipinski definition) is 1. The predicted octanol–water partition coefficient (Wildman–Crippen LogP) is 2.40. The molecule has 0 radical (unpaired) electrons. The van der Waals surface area contributed by atoms with Crippen molar-refractivity contribution >= 4 is 5.69 Å². The number of rotatable bonds is 6. The van der Waals surface area contributed by atoms with Gasteiger partial charge in [0.1, 0.15) is 0 Å². The van der Waals surface area contributed by atoms with Gasteiger partial charge in [-0.05, 0) is 49.1 Å². The molecule has 0 saturated carbocycles. The lowest BCUT2D eigenvalue weighted by molar-refractivity contribution is 0.189. The number of nitrogen functional groups attached to an aromatic ring is 1. The average molecular weight is 234 g/mol. The minimum atomic E-state index is 0.880. The standard InChI is InChI=1S/C14H22N2O/c1-17-8-4-2-3-7-16-10-12-5-6-14(15)9-13(12)11-16/h5-6,9H,2-4,7-8,10-11,15H2,1H3. The fourth-order valence-corrected chi connectivity index (χ4v) is 2.40. The fraction of sp³-hybridized carbons (Fsp3) is 0.571. The van der Waals surface area contributed by atoms with E-state index >= 15 is 0 Å². The molecule has 3 heteroatoms. The third-order valence-electron chi connectivity index (χ3n) is 3.34. The summed E-state index contributed by atoms with van der Waals surface area (Å²) in [5.74, 6) is 0. The molecule has 0 saturated heterocycles. The summed E-state index contributed by atoms with van der Waals surface area (Å²) < 4.78 is 5.05. The topological polar surface area (TPSA) is 38.5 Å². The van der Waals surface area contributed by atoms with Gasteiger partial charge in [0.2, 0.25) is 0 Å². The van der Waals surface area contributed by atoms with Gasteiger partial charge in [-0.2, -0.15) is 0 Å². The van der Waals surface area contributed by atoms with Gasteiger partial charge in [-0.1, -0.05) is 6.07 Å². The van der Waals surface area contributed by atoms with Crippen LogP contribution in [0.5, 0.6) is 0 Å². The van der Waals surface area contributed by atoms with Crippen LogP contribution >= 0.6 is 0 Å². The Bertz CT molecular complexity index is 365. The van der Waals surface area contributed by atoms with Crippen molar-refractivity contribution in [3.63, 3.8) is 0 Å². The quantitative estimate of drug-likeness (QED) is 0.607. The third kappa shape index (κ3) is 3.45. The minimum Gasteiger partial charge on any atom is -0.399 e. The van der Waals surface area contributed by atoms with Crippen molar-refractivity contribution in [2.45, 2.75) is 32.4 Å². The van der Waals surface area contributed by atoms with Crippen molar-refractivity contribution in [1.29, 1.82) is 0 Å². The van der Waals surface area contributed by atoms with E-state index in [2.05, 4.69) is 17.0 Å². The molecular formula is C14H22N2O. The Hall–Kier alpha value is -1.06. The van der Waals surface area contributed by atoms with E-state index in [0.29, 0.717) is 0 Å². The van der Waals surface area contributed by atoms with Crippen molar-refractivity contribution in [3.05, 3.63) is 29.3 Å². The first-order chi connectivity index (χ1) is 8.29. The van der Waals surface area contributed by atoms with Crippen LogP contribution in [0.3, 0.4) is 0 Å². The summed E-state index contributed by atoms with van der Waals surface area (Å²) in [7, 11) is 1.77. The van der Waals surface area contributed by atoms with Crippen molar-refractivity contribution in [3.8, 4) is 0 Å². The SMILES string of the molecule is COCCCCCN1Cc2ccc(N)cc2C1. The number of unbranched alkanes of at least 4 members (excludes halogenated alkanes) is 2. The zero-order chi connectivity index (χ0) is 12.1. The van der Waals surface area contributed by atoms with E-state index in [1.807, 2.05) is 6.07 Å². The summed E-state index contributed by atoms with van der Waals surface area (Å²) in [6.45, 7) is 4.21. The maximum atomic E-state index is 5.80. The molecule has 0 fully saturated rings. The number of methoxy groups -OCH3 is 1. The Labute approximate surface area is 104 Å². The average Bonchev–Trinajstić information content (AvgIpc) is 2.70. The Morgan fingerprint density at radius 2 is 2.00 bits per heavy atom. The van der Waals surface area contributed by atoms with Crippen LogP contribution in [0, 0.1) is 0 Å². The van der Waals surface area contributed by atoms with Crippen LogP contribution in [0.15, 0.2) is 18.2 Å². The maximum Gasteiger partial charge on any atom is 0.0462 e. The highest BCUT2D eigenvalue weighted by Crippen LogP contribution is 2.24. The molecule has 94 valence electrons. The normalized spacial score (nSPS) is 15.1. The van der Waals surface area contributed by atoms with Gasteiger partial charge >= 0.3 is 0 Å². The van der Waals surface area contributed by atoms with Crippen molar-refractivity contribution < 1.29 is 4.74 Å². The molecule has 1 aromatic rings. The lowest BCUT2D eigenvalue weighted by atomic mass is 10.1. The molecule has 1 heterocycles. The zero-order valence-electron chi connectivity index (χ0n) is 10.6. The van der Waals surface area contributed by atoms with Gasteiger partial charge in [0.25, 0.3) is 0 Å². The van der Waals surface area contributed by atoms with Crippen LogP contribution < -0.4 is 5.73 Å². The number of nitrogens with two attached hydrogens (primary N) is 1. The number of benzene rings is 1. The Balaban J connectivity index is 1.73. The van der Waals surface area contributed by atoms with Gasteiger partial charge in [-0.25, -0.2) is 0 Å². The second-order valence-corrected chi connectivity index (χ2v) is 4.79. The Morgan fingerprint density at radius 3 is 2.82 bits per heavy atom. The molecule has 1 aromatic carbocycles. The molecule has 1 aliphatic heterocycles. The molecule has 0 amide bonds. The highest BCUT2D eigenvalue weighted by Gasteiger charge is 2.17. The van der Waals surface area contributed by atoms with E-state index in [1.165, 1.54) is 36.9 Å². The molecule has 0 unspecified atom stereocenters. The molecule has 0 atom stereocenters. The van der Waals surface area contributed by atoms with E-state index in [9.17, 15) is 0 Å². The number of ether oxygens (including phenoxy) is 1. The van der Waals surface area contributed by atoms with E-state index in [0.717, 1.165) is 25.4 Å². The van der Waals surface area contributed by atoms with E-state index in [4.69, 9.17) is 10.5 Å². The summed E-state index contributed by atoms with van der Waals surface area (Å²) >= 11 is 0. The number of nitrogens with zero attached hydrogens (tertiary/aromatic N) is 1. The van der Waals surface area contributed by atoms with Gasteiger partial charge in [0, 0.05) is 32.5 Å². The highest BCUT2D eigenvalue weighted by molar-refractivity contribution is 5.46. The Morgan fingerprint density at radius 1 is 1.18 bits per heavy atom. The second-order valence-electron chi connectivity index (χ2n) is 4.79. The lowest BCUT2D eigenvalue weighted by Crippen LogP contribution is -2.17. The molecule has 2 N–H and O–H groups in total. The van der Waals surface area contributed by atoms with E-state index in [1.54, 1.807) is 7.11 Å². The lowest BCUT2D eigenvalue weighted by Gasteiger charge is -2.14. The predicted molar refractivity (Wildman–Crippen MR) is 70.7 cm³/mol. The van der Waals surface area contributed by atoms with Gasteiger partial charge in [-0.3, -0.25) is 4.90 Å². The fourth-order valence-electron chi connectivity index (χ4n) is 2.40. The van der Waals surface area contributed by atoms with Gasteiger partial charge in [0.15, 0.2) is 0 Å². The van der Waals surface area contributed by atoms with Crippen LogP contribution in [-0.4, -0.2) is 25.2 Å². The molecular weight excluding hydrogens is 212 g/mol. The largest absolute Gasteiger partial charge is 0.399 e. The molecule has 2 rings (SSSR count). The van der Waals surface area contributed by atoms with E-state index < -0.39 is 0 Å². The summed E-state index contributed by atoms with van der Waals surface area (Å²) in [5.41, 5.74) is 9.52. The smallest absolute Gasteiger partial charge is 0.0462 e. The molecule has 0 spiro atoms. The maximum absolute atomic E-state index is 5.80. The van der Waals surface area contributed by atoms with Gasteiger partial charge in [-0.15, -0.1) is 0 Å². The van der Waals surface area contributed by atoms with E-state index in [-0.39, 0.29) is 0 Å². The molecule has 0 bridgehead atoms. The number of hydrogen-bond acceptors (Lipinski definition) is 3.